The molecule has 0 aliphatic carbocycles. The van der Waals surface area contributed by atoms with Crippen LogP contribution in [0.4, 0.5) is 0 Å². The van der Waals surface area contributed by atoms with Gasteiger partial charge in [0.15, 0.2) is 0 Å². The van der Waals surface area contributed by atoms with Gasteiger partial charge in [0.2, 0.25) is 5.91 Å². The third kappa shape index (κ3) is 53.8. The zero-order valence-electron chi connectivity index (χ0n) is 45.4. The molecule has 0 heterocycles. The highest BCUT2D eigenvalue weighted by atomic mass is 16.5. The van der Waals surface area contributed by atoms with Crippen LogP contribution in [0.1, 0.15) is 341 Å². The number of carbonyl (C=O) groups excluding carboxylic acids is 2. The van der Waals surface area contributed by atoms with E-state index in [1.54, 1.807) is 6.08 Å². The molecule has 0 saturated carbocycles. The van der Waals surface area contributed by atoms with Gasteiger partial charge in [-0.15, -0.1) is 0 Å². The number of esters is 1. The molecule has 0 saturated heterocycles. The summed E-state index contributed by atoms with van der Waals surface area (Å²) in [6, 6.07) is -0.648. The van der Waals surface area contributed by atoms with E-state index in [1.807, 2.05) is 6.08 Å². The molecule has 6 nitrogen and oxygen atoms in total. The van der Waals surface area contributed by atoms with Crippen molar-refractivity contribution in [2.24, 2.45) is 0 Å². The quantitative estimate of drug-likeness (QED) is 0.0321. The molecule has 0 aliphatic rings. The van der Waals surface area contributed by atoms with E-state index >= 15 is 0 Å². The number of unbranched alkanes of at least 4 members (excludes halogenated alkanes) is 46. The lowest BCUT2D eigenvalue weighted by Crippen LogP contribution is -2.45. The minimum Gasteiger partial charge on any atom is -0.466 e. The van der Waals surface area contributed by atoms with Crippen LogP contribution in [0.5, 0.6) is 0 Å². The zero-order valence-corrected chi connectivity index (χ0v) is 45.4. The van der Waals surface area contributed by atoms with E-state index in [1.165, 1.54) is 257 Å². The topological polar surface area (TPSA) is 95.9 Å². The molecule has 2 atom stereocenters. The summed E-state index contributed by atoms with van der Waals surface area (Å²) < 4.78 is 5.47. The van der Waals surface area contributed by atoms with Crippen molar-refractivity contribution in [3.05, 3.63) is 12.2 Å². The Morgan fingerprint density at radius 2 is 0.687 bits per heavy atom. The number of aliphatic hydroxyl groups is 2. The smallest absolute Gasteiger partial charge is 0.305 e. The minimum atomic E-state index is -0.862. The molecule has 6 heteroatoms. The number of aliphatic hydroxyl groups excluding tert-OH is 2. The summed E-state index contributed by atoms with van der Waals surface area (Å²) in [4.78, 5) is 24.6. The van der Waals surface area contributed by atoms with Gasteiger partial charge in [-0.25, -0.2) is 0 Å². The highest BCUT2D eigenvalue weighted by Gasteiger charge is 2.18. The Bertz CT molecular complexity index is 1000. The largest absolute Gasteiger partial charge is 0.466 e. The van der Waals surface area contributed by atoms with Crippen LogP contribution in [0.15, 0.2) is 12.2 Å². The van der Waals surface area contributed by atoms with E-state index in [0.29, 0.717) is 19.4 Å². The third-order valence-electron chi connectivity index (χ3n) is 14.3. The van der Waals surface area contributed by atoms with Crippen LogP contribution in [0.3, 0.4) is 0 Å². The first-order valence-corrected chi connectivity index (χ1v) is 30.5. The third-order valence-corrected chi connectivity index (χ3v) is 14.3. The lowest BCUT2D eigenvalue weighted by Gasteiger charge is -2.20. The molecule has 2 unspecified atom stereocenters. The predicted octanol–water partition coefficient (Wildman–Crippen LogP) is 18.9. The van der Waals surface area contributed by atoms with Crippen LogP contribution in [-0.2, 0) is 14.3 Å². The molecule has 0 aliphatic heterocycles. The van der Waals surface area contributed by atoms with Gasteiger partial charge in [0.25, 0.3) is 0 Å². The van der Waals surface area contributed by atoms with Gasteiger partial charge in [-0.05, 0) is 32.1 Å². The Hall–Kier alpha value is -1.40. The number of carbonyl (C=O) groups is 2. The van der Waals surface area contributed by atoms with Crippen LogP contribution in [0.2, 0.25) is 0 Å². The van der Waals surface area contributed by atoms with Crippen molar-refractivity contribution < 1.29 is 24.5 Å². The van der Waals surface area contributed by atoms with Crippen LogP contribution in [-0.4, -0.2) is 47.4 Å². The second kappa shape index (κ2) is 57.2. The Morgan fingerprint density at radius 3 is 1.01 bits per heavy atom. The number of allylic oxidation sites excluding steroid dienone is 1. The minimum absolute atomic E-state index is 0.0225. The first kappa shape index (κ1) is 65.6. The fourth-order valence-corrected chi connectivity index (χ4v) is 9.64. The molecule has 0 bridgehead atoms. The van der Waals surface area contributed by atoms with Gasteiger partial charge in [0.05, 0.1) is 25.4 Å². The second-order valence-corrected chi connectivity index (χ2v) is 21.0. The number of hydrogen-bond donors (Lipinski definition) is 3. The normalized spacial score (nSPS) is 12.6. The van der Waals surface area contributed by atoms with Gasteiger partial charge >= 0.3 is 5.97 Å². The standard InChI is InChI=1S/C61H119NO5/c1-3-5-7-9-11-13-15-17-19-21-22-23-24-25-26-27-28-29-30-32-34-37-41-45-49-53-59(64)58(57-63)62-60(65)54-50-46-42-38-36-40-44-48-52-56-67-61(66)55-51-47-43-39-35-33-31-20-18-16-14-12-10-8-6-4-2/h49,53,58-59,63-64H,3-48,50-52,54-57H2,1-2H3,(H,62,65)/b53-49+. The van der Waals surface area contributed by atoms with Crippen LogP contribution in [0.25, 0.3) is 0 Å². The van der Waals surface area contributed by atoms with E-state index in [4.69, 9.17) is 4.74 Å². The summed E-state index contributed by atoms with van der Waals surface area (Å²) in [7, 11) is 0. The highest BCUT2D eigenvalue weighted by Crippen LogP contribution is 2.18. The molecule has 0 rings (SSSR count). The van der Waals surface area contributed by atoms with Crippen molar-refractivity contribution in [3.63, 3.8) is 0 Å². The SMILES string of the molecule is CCCCCCCCCCCCCCCCCCCCCCCCC/C=C/C(O)C(CO)NC(=O)CCCCCCCCCCCOC(=O)CCCCCCCCCCCCCCCCCC. The Morgan fingerprint density at radius 1 is 0.403 bits per heavy atom. The summed E-state index contributed by atoms with van der Waals surface area (Å²) >= 11 is 0. The van der Waals surface area contributed by atoms with Crippen molar-refractivity contribution in [2.75, 3.05) is 13.2 Å². The molecule has 3 N–H and O–H groups in total. The first-order valence-electron chi connectivity index (χ1n) is 30.5. The molecule has 67 heavy (non-hydrogen) atoms. The van der Waals surface area contributed by atoms with Gasteiger partial charge in [-0.2, -0.15) is 0 Å². The summed E-state index contributed by atoms with van der Waals surface area (Å²) in [5, 5.41) is 23.2. The van der Waals surface area contributed by atoms with E-state index in [2.05, 4.69) is 19.2 Å². The lowest BCUT2D eigenvalue weighted by atomic mass is 10.0. The van der Waals surface area contributed by atoms with Gasteiger partial charge in [-0.1, -0.05) is 309 Å². The molecule has 0 aromatic rings. The van der Waals surface area contributed by atoms with Crippen LogP contribution < -0.4 is 5.32 Å². The van der Waals surface area contributed by atoms with Crippen molar-refractivity contribution >= 4 is 11.9 Å². The number of nitrogens with one attached hydrogen (secondary N) is 1. The number of amides is 1. The molecule has 0 spiro atoms. The highest BCUT2D eigenvalue weighted by molar-refractivity contribution is 5.76. The van der Waals surface area contributed by atoms with Crippen LogP contribution >= 0.6 is 0 Å². The summed E-state index contributed by atoms with van der Waals surface area (Å²) in [6.45, 7) is 4.87. The maximum atomic E-state index is 12.5. The van der Waals surface area contributed by atoms with E-state index in [9.17, 15) is 19.8 Å². The maximum Gasteiger partial charge on any atom is 0.305 e. The van der Waals surface area contributed by atoms with E-state index in [-0.39, 0.29) is 18.5 Å². The number of rotatable bonds is 57. The van der Waals surface area contributed by atoms with Crippen LogP contribution in [0, 0.1) is 0 Å². The molecule has 1 amide bonds. The molecule has 0 aromatic carbocycles. The average molecular weight is 947 g/mol. The molecule has 0 radical (unpaired) electrons. The second-order valence-electron chi connectivity index (χ2n) is 21.0. The lowest BCUT2D eigenvalue weighted by molar-refractivity contribution is -0.143. The fourth-order valence-electron chi connectivity index (χ4n) is 9.64. The molecular weight excluding hydrogens is 827 g/mol. The predicted molar refractivity (Wildman–Crippen MR) is 292 cm³/mol. The van der Waals surface area contributed by atoms with Gasteiger partial charge in [0.1, 0.15) is 0 Å². The zero-order chi connectivity index (χ0) is 48.6. The molecule has 0 fully saturated rings. The number of ether oxygens (including phenoxy) is 1. The molecule has 0 aromatic heterocycles. The first-order chi connectivity index (χ1) is 33.0. The molecular formula is C61H119NO5. The fraction of sp³-hybridized carbons (Fsp3) is 0.934. The van der Waals surface area contributed by atoms with Gasteiger partial charge in [-0.3, -0.25) is 9.59 Å². The summed E-state index contributed by atoms with van der Waals surface area (Å²) in [6.07, 6.45) is 68.2. The number of hydrogen-bond acceptors (Lipinski definition) is 5. The van der Waals surface area contributed by atoms with E-state index < -0.39 is 12.1 Å². The Labute approximate surface area is 419 Å². The van der Waals surface area contributed by atoms with Crippen molar-refractivity contribution in [2.45, 2.75) is 353 Å². The Kier molecular flexibility index (Phi) is 56.0. The summed E-state index contributed by atoms with van der Waals surface area (Å²) in [5.41, 5.74) is 0. The summed E-state index contributed by atoms with van der Waals surface area (Å²) in [5.74, 6) is -0.113. The van der Waals surface area contributed by atoms with Gasteiger partial charge in [0, 0.05) is 12.8 Å². The van der Waals surface area contributed by atoms with E-state index in [0.717, 1.165) is 57.8 Å². The van der Waals surface area contributed by atoms with Crippen molar-refractivity contribution in [1.29, 1.82) is 0 Å². The maximum absolute atomic E-state index is 12.5. The van der Waals surface area contributed by atoms with Gasteiger partial charge < -0.3 is 20.3 Å². The Balaban J connectivity index is 3.48. The van der Waals surface area contributed by atoms with Crippen molar-refractivity contribution in [3.8, 4) is 0 Å². The molecule has 398 valence electrons. The average Bonchev–Trinajstić information content (AvgIpc) is 3.33. The monoisotopic (exact) mass is 946 g/mol. The van der Waals surface area contributed by atoms with Crippen molar-refractivity contribution in [1.82, 2.24) is 5.32 Å².